The van der Waals surface area contributed by atoms with Crippen LogP contribution in [0.3, 0.4) is 0 Å². The number of aromatic nitrogens is 2. The van der Waals surface area contributed by atoms with E-state index in [9.17, 15) is 0 Å². The Morgan fingerprint density at radius 1 is 1.35 bits per heavy atom. The van der Waals surface area contributed by atoms with Gasteiger partial charge >= 0.3 is 0 Å². The first-order chi connectivity index (χ1) is 7.89. The van der Waals surface area contributed by atoms with E-state index in [2.05, 4.69) is 42.3 Å². The standard InChI is InChI=1S/C12H20ClN3S/c1-6-9-10(13)15-8(2)16-11(9)14-7-12(3,4)17-5/h6-7H2,1-5H3,(H,14,15,16). The molecule has 17 heavy (non-hydrogen) atoms. The monoisotopic (exact) mass is 273 g/mol. The third kappa shape index (κ3) is 4.03. The summed E-state index contributed by atoms with van der Waals surface area (Å²) in [6, 6.07) is 0. The summed E-state index contributed by atoms with van der Waals surface area (Å²) >= 11 is 7.95. The van der Waals surface area contributed by atoms with Crippen molar-refractivity contribution >= 4 is 29.2 Å². The number of aryl methyl sites for hydroxylation is 1. The molecule has 0 aliphatic rings. The predicted octanol–water partition coefficient (Wildman–Crippen LogP) is 3.55. The van der Waals surface area contributed by atoms with Crippen molar-refractivity contribution in [3.8, 4) is 0 Å². The third-order valence-electron chi connectivity index (χ3n) is 2.66. The van der Waals surface area contributed by atoms with Gasteiger partial charge < -0.3 is 5.32 Å². The Kier molecular flexibility index (Phi) is 5.07. The number of hydrogen-bond acceptors (Lipinski definition) is 4. The molecule has 1 rings (SSSR count). The molecule has 0 amide bonds. The summed E-state index contributed by atoms with van der Waals surface area (Å²) in [5.74, 6) is 1.57. The van der Waals surface area contributed by atoms with Crippen molar-refractivity contribution in [2.45, 2.75) is 38.9 Å². The Morgan fingerprint density at radius 2 is 2.00 bits per heavy atom. The molecule has 3 nitrogen and oxygen atoms in total. The van der Waals surface area contributed by atoms with Crippen LogP contribution in [0, 0.1) is 6.92 Å². The second kappa shape index (κ2) is 5.91. The Morgan fingerprint density at radius 3 is 2.53 bits per heavy atom. The molecule has 0 bridgehead atoms. The molecule has 0 unspecified atom stereocenters. The molecule has 0 radical (unpaired) electrons. The van der Waals surface area contributed by atoms with Gasteiger partial charge in [0.1, 0.15) is 16.8 Å². The van der Waals surface area contributed by atoms with E-state index in [1.807, 2.05) is 18.7 Å². The van der Waals surface area contributed by atoms with E-state index in [-0.39, 0.29) is 4.75 Å². The third-order valence-corrected chi connectivity index (χ3v) is 4.22. The van der Waals surface area contributed by atoms with Crippen molar-refractivity contribution in [2.24, 2.45) is 0 Å². The number of anilines is 1. The molecule has 0 atom stereocenters. The van der Waals surface area contributed by atoms with Crippen LogP contribution < -0.4 is 5.32 Å². The van der Waals surface area contributed by atoms with Crippen molar-refractivity contribution in [1.82, 2.24) is 9.97 Å². The molecule has 0 aromatic carbocycles. The molecule has 0 saturated heterocycles. The van der Waals surface area contributed by atoms with Crippen LogP contribution in [0.25, 0.3) is 0 Å². The van der Waals surface area contributed by atoms with Crippen molar-refractivity contribution in [3.05, 3.63) is 16.5 Å². The summed E-state index contributed by atoms with van der Waals surface area (Å²) in [6.45, 7) is 9.17. The van der Waals surface area contributed by atoms with Gasteiger partial charge in [0.15, 0.2) is 0 Å². The largest absolute Gasteiger partial charge is 0.368 e. The maximum absolute atomic E-state index is 6.12. The summed E-state index contributed by atoms with van der Waals surface area (Å²) in [7, 11) is 0. The Labute approximate surface area is 113 Å². The Hall–Kier alpha value is -0.480. The molecular formula is C12H20ClN3S. The number of nitrogens with one attached hydrogen (secondary N) is 1. The fraction of sp³-hybridized carbons (Fsp3) is 0.667. The maximum Gasteiger partial charge on any atom is 0.138 e. The molecule has 0 spiro atoms. The highest BCUT2D eigenvalue weighted by atomic mass is 35.5. The minimum absolute atomic E-state index is 0.177. The lowest BCUT2D eigenvalue weighted by Crippen LogP contribution is -2.26. The van der Waals surface area contributed by atoms with E-state index in [1.165, 1.54) is 0 Å². The zero-order chi connectivity index (χ0) is 13.1. The Balaban J connectivity index is 2.90. The van der Waals surface area contributed by atoms with Gasteiger partial charge in [-0.15, -0.1) is 0 Å². The maximum atomic E-state index is 6.12. The van der Waals surface area contributed by atoms with Gasteiger partial charge in [0.25, 0.3) is 0 Å². The van der Waals surface area contributed by atoms with Gasteiger partial charge in [-0.1, -0.05) is 18.5 Å². The average Bonchev–Trinajstić information content (AvgIpc) is 2.26. The van der Waals surface area contributed by atoms with Gasteiger partial charge in [-0.05, 0) is 33.4 Å². The first kappa shape index (κ1) is 14.6. The Bertz CT molecular complexity index is 394. The highest BCUT2D eigenvalue weighted by Gasteiger charge is 2.17. The van der Waals surface area contributed by atoms with Crippen LogP contribution in [0.4, 0.5) is 5.82 Å². The number of nitrogens with zero attached hydrogens (tertiary/aromatic N) is 2. The van der Waals surface area contributed by atoms with Crippen LogP contribution in [-0.4, -0.2) is 27.5 Å². The molecule has 1 N–H and O–H groups in total. The molecule has 0 saturated carbocycles. The second-order valence-corrected chi connectivity index (χ2v) is 6.43. The fourth-order valence-corrected chi connectivity index (χ4v) is 1.95. The minimum atomic E-state index is 0.177. The van der Waals surface area contributed by atoms with E-state index < -0.39 is 0 Å². The van der Waals surface area contributed by atoms with Crippen molar-refractivity contribution < 1.29 is 0 Å². The summed E-state index contributed by atoms with van der Waals surface area (Å²) in [4.78, 5) is 8.60. The van der Waals surface area contributed by atoms with Crippen LogP contribution in [-0.2, 0) is 6.42 Å². The van der Waals surface area contributed by atoms with Crippen LogP contribution in [0.5, 0.6) is 0 Å². The predicted molar refractivity (Wildman–Crippen MR) is 77.2 cm³/mol. The van der Waals surface area contributed by atoms with Crippen LogP contribution in [0.15, 0.2) is 0 Å². The number of halogens is 1. The highest BCUT2D eigenvalue weighted by Crippen LogP contribution is 2.25. The van der Waals surface area contributed by atoms with Gasteiger partial charge in [-0.25, -0.2) is 9.97 Å². The number of hydrogen-bond donors (Lipinski definition) is 1. The molecule has 0 aliphatic heterocycles. The normalized spacial score (nSPS) is 11.6. The molecule has 0 fully saturated rings. The smallest absolute Gasteiger partial charge is 0.138 e. The molecule has 1 heterocycles. The summed E-state index contributed by atoms with van der Waals surface area (Å²) in [5.41, 5.74) is 0.995. The zero-order valence-corrected chi connectivity index (χ0v) is 12.7. The summed E-state index contributed by atoms with van der Waals surface area (Å²) in [6.07, 6.45) is 2.95. The molecule has 0 aliphatic carbocycles. The van der Waals surface area contributed by atoms with Crippen molar-refractivity contribution in [1.29, 1.82) is 0 Å². The van der Waals surface area contributed by atoms with Crippen LogP contribution >= 0.6 is 23.4 Å². The van der Waals surface area contributed by atoms with Crippen molar-refractivity contribution in [3.63, 3.8) is 0 Å². The number of thioether (sulfide) groups is 1. The van der Waals surface area contributed by atoms with Crippen molar-refractivity contribution in [2.75, 3.05) is 18.1 Å². The molecule has 5 heteroatoms. The fourth-order valence-electron chi connectivity index (χ4n) is 1.39. The van der Waals surface area contributed by atoms with Gasteiger partial charge in [-0.2, -0.15) is 11.8 Å². The lowest BCUT2D eigenvalue weighted by Gasteiger charge is -2.23. The van der Waals surface area contributed by atoms with Crippen LogP contribution in [0.2, 0.25) is 5.15 Å². The van der Waals surface area contributed by atoms with Gasteiger partial charge in [0.2, 0.25) is 0 Å². The molecule has 96 valence electrons. The highest BCUT2D eigenvalue weighted by molar-refractivity contribution is 7.99. The lowest BCUT2D eigenvalue weighted by molar-refractivity contribution is 0.747. The number of rotatable bonds is 5. The zero-order valence-electron chi connectivity index (χ0n) is 11.1. The van der Waals surface area contributed by atoms with E-state index >= 15 is 0 Å². The molecular weight excluding hydrogens is 254 g/mol. The molecule has 1 aromatic rings. The van der Waals surface area contributed by atoms with E-state index in [0.29, 0.717) is 11.0 Å². The van der Waals surface area contributed by atoms with E-state index in [0.717, 1.165) is 24.3 Å². The first-order valence-corrected chi connectivity index (χ1v) is 7.32. The topological polar surface area (TPSA) is 37.8 Å². The van der Waals surface area contributed by atoms with E-state index in [4.69, 9.17) is 11.6 Å². The molecule has 1 aromatic heterocycles. The van der Waals surface area contributed by atoms with Gasteiger partial charge in [-0.3, -0.25) is 0 Å². The van der Waals surface area contributed by atoms with Gasteiger partial charge in [0.05, 0.1) is 0 Å². The quantitative estimate of drug-likeness (QED) is 0.833. The second-order valence-electron chi connectivity index (χ2n) is 4.56. The average molecular weight is 274 g/mol. The lowest BCUT2D eigenvalue weighted by atomic mass is 10.2. The summed E-state index contributed by atoms with van der Waals surface area (Å²) in [5, 5.41) is 3.94. The van der Waals surface area contributed by atoms with Gasteiger partial charge in [0, 0.05) is 16.9 Å². The first-order valence-electron chi connectivity index (χ1n) is 5.71. The SMILES string of the molecule is CCc1c(Cl)nc(C)nc1NCC(C)(C)SC. The van der Waals surface area contributed by atoms with E-state index in [1.54, 1.807) is 0 Å². The summed E-state index contributed by atoms with van der Waals surface area (Å²) < 4.78 is 0.177. The minimum Gasteiger partial charge on any atom is -0.368 e. The van der Waals surface area contributed by atoms with Crippen LogP contribution in [0.1, 0.15) is 32.2 Å².